The molecule has 0 aliphatic rings. The Kier molecular flexibility index (Phi) is 8.51. The second-order valence-electron chi connectivity index (χ2n) is 8.53. The number of hydrogen-bond acceptors (Lipinski definition) is 4. The van der Waals surface area contributed by atoms with E-state index in [1.165, 1.54) is 4.90 Å². The summed E-state index contributed by atoms with van der Waals surface area (Å²) in [5.74, 6) is -0.697. The molecular formula is C27H33N3O4S. The molecule has 1 atom stereocenters. The standard InChI is InChI=1S/C27H33N3O4S/c1-5-24(27(32)28-6-2)29(18-22-14-8-7-12-20(22)3)26(31)19-30(35(4,33)34)25-17-11-15-21-13-9-10-16-23(21)25/h7-17,24H,5-6,18-19H2,1-4H3,(H,28,32)/t24-/m0/s1. The summed E-state index contributed by atoms with van der Waals surface area (Å²) in [6.45, 7) is 5.85. The molecule has 0 bridgehead atoms. The molecule has 0 radical (unpaired) electrons. The van der Waals surface area contributed by atoms with E-state index in [0.29, 0.717) is 18.7 Å². The second kappa shape index (κ2) is 11.4. The van der Waals surface area contributed by atoms with E-state index in [1.807, 2.05) is 75.4 Å². The average Bonchev–Trinajstić information content (AvgIpc) is 2.82. The van der Waals surface area contributed by atoms with Crippen LogP contribution in [0.2, 0.25) is 0 Å². The Morgan fingerprint density at radius 3 is 2.26 bits per heavy atom. The maximum atomic E-state index is 13.8. The Labute approximate surface area is 207 Å². The van der Waals surface area contributed by atoms with Crippen LogP contribution < -0.4 is 9.62 Å². The smallest absolute Gasteiger partial charge is 0.244 e. The van der Waals surface area contributed by atoms with Crippen molar-refractivity contribution in [1.82, 2.24) is 10.2 Å². The summed E-state index contributed by atoms with van der Waals surface area (Å²) < 4.78 is 26.9. The van der Waals surface area contributed by atoms with Crippen LogP contribution in [-0.4, -0.2) is 50.5 Å². The average molecular weight is 496 g/mol. The summed E-state index contributed by atoms with van der Waals surface area (Å²) in [4.78, 5) is 28.2. The zero-order chi connectivity index (χ0) is 25.6. The molecule has 0 heterocycles. The number of fused-ring (bicyclic) bond motifs is 1. The molecule has 1 N–H and O–H groups in total. The van der Waals surface area contributed by atoms with Gasteiger partial charge in [-0.1, -0.05) is 67.6 Å². The number of carbonyl (C=O) groups is 2. The molecule has 0 fully saturated rings. The van der Waals surface area contributed by atoms with Crippen LogP contribution in [0.4, 0.5) is 5.69 Å². The molecule has 3 aromatic rings. The number of benzene rings is 3. The molecule has 7 nitrogen and oxygen atoms in total. The normalized spacial score (nSPS) is 12.2. The van der Waals surface area contributed by atoms with Gasteiger partial charge >= 0.3 is 0 Å². The number of carbonyl (C=O) groups excluding carboxylic acids is 2. The van der Waals surface area contributed by atoms with Gasteiger partial charge in [0.1, 0.15) is 12.6 Å². The molecule has 0 spiro atoms. The molecule has 8 heteroatoms. The largest absolute Gasteiger partial charge is 0.355 e. The van der Waals surface area contributed by atoms with Gasteiger partial charge in [-0.25, -0.2) is 8.42 Å². The van der Waals surface area contributed by atoms with Crippen molar-refractivity contribution < 1.29 is 18.0 Å². The first-order valence-electron chi connectivity index (χ1n) is 11.7. The summed E-state index contributed by atoms with van der Waals surface area (Å²) in [5.41, 5.74) is 2.32. The van der Waals surface area contributed by atoms with Gasteiger partial charge in [0, 0.05) is 18.5 Å². The third-order valence-corrected chi connectivity index (χ3v) is 7.18. The van der Waals surface area contributed by atoms with E-state index in [2.05, 4.69) is 5.32 Å². The van der Waals surface area contributed by atoms with E-state index in [4.69, 9.17) is 0 Å². The Hall–Kier alpha value is -3.39. The van der Waals surface area contributed by atoms with Gasteiger partial charge in [-0.05, 0) is 42.8 Å². The number of rotatable bonds is 10. The molecule has 3 aromatic carbocycles. The highest BCUT2D eigenvalue weighted by molar-refractivity contribution is 7.92. The Bertz CT molecular complexity index is 1300. The van der Waals surface area contributed by atoms with Gasteiger partial charge in [-0.2, -0.15) is 0 Å². The lowest BCUT2D eigenvalue weighted by Gasteiger charge is -2.33. The fourth-order valence-corrected chi connectivity index (χ4v) is 5.06. The molecule has 3 rings (SSSR count). The summed E-state index contributed by atoms with van der Waals surface area (Å²) in [7, 11) is -3.80. The van der Waals surface area contributed by atoms with Crippen molar-refractivity contribution in [3.63, 3.8) is 0 Å². The Morgan fingerprint density at radius 1 is 0.943 bits per heavy atom. The third kappa shape index (κ3) is 6.19. The molecule has 0 aliphatic carbocycles. The zero-order valence-electron chi connectivity index (χ0n) is 20.7. The van der Waals surface area contributed by atoms with Crippen molar-refractivity contribution in [2.75, 3.05) is 23.7 Å². The molecular weight excluding hydrogens is 462 g/mol. The minimum absolute atomic E-state index is 0.203. The SMILES string of the molecule is CCNC(=O)[C@H](CC)N(Cc1ccccc1C)C(=O)CN(c1cccc2ccccc12)S(C)(=O)=O. The minimum Gasteiger partial charge on any atom is -0.355 e. The predicted octanol–water partition coefficient (Wildman–Crippen LogP) is 3.86. The number of anilines is 1. The summed E-state index contributed by atoms with van der Waals surface area (Å²) in [5, 5.41) is 4.41. The third-order valence-electron chi connectivity index (χ3n) is 6.05. The van der Waals surface area contributed by atoms with E-state index in [1.54, 1.807) is 12.1 Å². The molecule has 2 amide bonds. The van der Waals surface area contributed by atoms with Gasteiger partial charge in [0.05, 0.1) is 11.9 Å². The molecule has 0 aromatic heterocycles. The minimum atomic E-state index is -3.80. The van der Waals surface area contributed by atoms with Crippen LogP contribution in [0, 0.1) is 6.92 Å². The monoisotopic (exact) mass is 495 g/mol. The van der Waals surface area contributed by atoms with Crippen LogP contribution >= 0.6 is 0 Å². The lowest BCUT2D eigenvalue weighted by molar-refractivity contribution is -0.140. The van der Waals surface area contributed by atoms with Crippen LogP contribution in [0.15, 0.2) is 66.7 Å². The van der Waals surface area contributed by atoms with E-state index < -0.39 is 28.5 Å². The van der Waals surface area contributed by atoms with Crippen LogP contribution in [-0.2, 0) is 26.2 Å². The quantitative estimate of drug-likeness (QED) is 0.463. The van der Waals surface area contributed by atoms with Gasteiger partial charge in [0.25, 0.3) is 0 Å². The molecule has 0 unspecified atom stereocenters. The topological polar surface area (TPSA) is 86.8 Å². The first-order valence-corrected chi connectivity index (χ1v) is 13.6. The lowest BCUT2D eigenvalue weighted by Crippen LogP contribution is -2.52. The van der Waals surface area contributed by atoms with Crippen molar-refractivity contribution in [2.45, 2.75) is 39.8 Å². The fraction of sp³-hybridized carbons (Fsp3) is 0.333. The van der Waals surface area contributed by atoms with E-state index in [9.17, 15) is 18.0 Å². The molecule has 0 saturated heterocycles. The maximum Gasteiger partial charge on any atom is 0.244 e. The first kappa shape index (κ1) is 26.2. The van der Waals surface area contributed by atoms with Crippen molar-refractivity contribution in [3.05, 3.63) is 77.9 Å². The summed E-state index contributed by atoms with van der Waals surface area (Å²) in [6, 6.07) is 19.8. The van der Waals surface area contributed by atoms with E-state index >= 15 is 0 Å². The lowest BCUT2D eigenvalue weighted by atomic mass is 10.1. The summed E-state index contributed by atoms with van der Waals surface area (Å²) >= 11 is 0. The van der Waals surface area contributed by atoms with Gasteiger partial charge < -0.3 is 10.2 Å². The maximum absolute atomic E-state index is 13.8. The highest BCUT2D eigenvalue weighted by Crippen LogP contribution is 2.29. The molecule has 0 aliphatic heterocycles. The van der Waals surface area contributed by atoms with Gasteiger partial charge in [0.15, 0.2) is 0 Å². The fourth-order valence-electron chi connectivity index (χ4n) is 4.20. The van der Waals surface area contributed by atoms with Crippen LogP contribution in [0.1, 0.15) is 31.4 Å². The zero-order valence-corrected chi connectivity index (χ0v) is 21.5. The van der Waals surface area contributed by atoms with Crippen molar-refractivity contribution in [2.24, 2.45) is 0 Å². The highest BCUT2D eigenvalue weighted by Gasteiger charge is 2.32. The Balaban J connectivity index is 2.04. The van der Waals surface area contributed by atoms with Crippen LogP contribution in [0.5, 0.6) is 0 Å². The molecule has 35 heavy (non-hydrogen) atoms. The Morgan fingerprint density at radius 2 is 1.60 bits per heavy atom. The first-order chi connectivity index (χ1) is 16.7. The van der Waals surface area contributed by atoms with E-state index in [-0.39, 0.29) is 12.5 Å². The van der Waals surface area contributed by atoms with Crippen LogP contribution in [0.3, 0.4) is 0 Å². The van der Waals surface area contributed by atoms with Crippen molar-refractivity contribution in [3.8, 4) is 0 Å². The number of amides is 2. The number of nitrogens with one attached hydrogen (secondary N) is 1. The second-order valence-corrected chi connectivity index (χ2v) is 10.4. The van der Waals surface area contributed by atoms with Crippen molar-refractivity contribution >= 4 is 38.3 Å². The number of hydrogen-bond donors (Lipinski definition) is 1. The summed E-state index contributed by atoms with van der Waals surface area (Å²) in [6.07, 6.45) is 1.49. The number of nitrogens with zero attached hydrogens (tertiary/aromatic N) is 2. The molecule has 0 saturated carbocycles. The van der Waals surface area contributed by atoms with Gasteiger partial charge in [-0.15, -0.1) is 0 Å². The van der Waals surface area contributed by atoms with Gasteiger partial charge in [0.2, 0.25) is 21.8 Å². The van der Waals surface area contributed by atoms with Gasteiger partial charge in [-0.3, -0.25) is 13.9 Å². The van der Waals surface area contributed by atoms with Crippen molar-refractivity contribution in [1.29, 1.82) is 0 Å². The van der Waals surface area contributed by atoms with Crippen LogP contribution in [0.25, 0.3) is 10.8 Å². The number of sulfonamides is 1. The number of aryl methyl sites for hydroxylation is 1. The molecule has 186 valence electrons. The van der Waals surface area contributed by atoms with E-state index in [0.717, 1.165) is 32.5 Å². The highest BCUT2D eigenvalue weighted by atomic mass is 32.2. The predicted molar refractivity (Wildman–Crippen MR) is 141 cm³/mol. The number of likely N-dealkylation sites (N-methyl/N-ethyl adjacent to an activating group) is 1.